The average molecular weight is 404 g/mol. The van der Waals surface area contributed by atoms with Crippen LogP contribution in [0.2, 0.25) is 5.02 Å². The van der Waals surface area contributed by atoms with Gasteiger partial charge in [-0.25, -0.2) is 4.79 Å². The van der Waals surface area contributed by atoms with E-state index in [0.29, 0.717) is 17.4 Å². The van der Waals surface area contributed by atoms with Gasteiger partial charge in [-0.05, 0) is 18.1 Å². The standard InChI is InChI=1S/C21H22ClNO3S/c1-2-12-26-21(25)18-14-27-20(16-10-6-7-11-17(16)22)23(18)19(24)13-15-8-4-3-5-9-15/h3-11,18,20H,2,12-14H2,1H3. The first-order valence-corrected chi connectivity index (χ1v) is 10.4. The molecule has 2 unspecified atom stereocenters. The second kappa shape index (κ2) is 9.29. The van der Waals surface area contributed by atoms with Crippen LogP contribution in [0.1, 0.15) is 29.8 Å². The van der Waals surface area contributed by atoms with Crippen molar-refractivity contribution in [2.24, 2.45) is 0 Å². The molecule has 6 heteroatoms. The maximum absolute atomic E-state index is 13.2. The summed E-state index contributed by atoms with van der Waals surface area (Å²) in [6.07, 6.45) is 0.984. The van der Waals surface area contributed by atoms with Crippen molar-refractivity contribution in [1.29, 1.82) is 0 Å². The van der Waals surface area contributed by atoms with Gasteiger partial charge in [-0.3, -0.25) is 4.79 Å². The lowest BCUT2D eigenvalue weighted by Crippen LogP contribution is -2.44. The van der Waals surface area contributed by atoms with Crippen molar-refractivity contribution >= 4 is 35.2 Å². The lowest BCUT2D eigenvalue weighted by Gasteiger charge is -2.29. The number of carbonyl (C=O) groups is 2. The number of benzene rings is 2. The fraction of sp³-hybridized carbons (Fsp3) is 0.333. The zero-order valence-electron chi connectivity index (χ0n) is 15.1. The van der Waals surface area contributed by atoms with Gasteiger partial charge in [0.15, 0.2) is 0 Å². The zero-order valence-corrected chi connectivity index (χ0v) is 16.7. The third kappa shape index (κ3) is 4.66. The van der Waals surface area contributed by atoms with Crippen LogP contribution in [-0.2, 0) is 20.7 Å². The van der Waals surface area contributed by atoms with Gasteiger partial charge in [0.1, 0.15) is 11.4 Å². The molecule has 0 spiro atoms. The summed E-state index contributed by atoms with van der Waals surface area (Å²) >= 11 is 7.92. The van der Waals surface area contributed by atoms with Crippen LogP contribution in [0.15, 0.2) is 54.6 Å². The molecule has 0 radical (unpaired) electrons. The zero-order chi connectivity index (χ0) is 19.2. The molecule has 0 aliphatic carbocycles. The first-order valence-electron chi connectivity index (χ1n) is 8.99. The van der Waals surface area contributed by atoms with Crippen LogP contribution in [0.25, 0.3) is 0 Å². The average Bonchev–Trinajstić information content (AvgIpc) is 3.12. The smallest absolute Gasteiger partial charge is 0.329 e. The summed E-state index contributed by atoms with van der Waals surface area (Å²) in [5.74, 6) is 0.0498. The molecule has 1 saturated heterocycles. The summed E-state index contributed by atoms with van der Waals surface area (Å²) in [6, 6.07) is 16.4. The Bertz CT molecular complexity index is 799. The second-order valence-corrected chi connectivity index (χ2v) is 7.87. The largest absolute Gasteiger partial charge is 0.464 e. The lowest BCUT2D eigenvalue weighted by atomic mass is 10.1. The molecular formula is C21H22ClNO3S. The minimum absolute atomic E-state index is 0.102. The number of esters is 1. The molecule has 2 aromatic rings. The molecule has 4 nitrogen and oxygen atoms in total. The number of thioether (sulfide) groups is 1. The topological polar surface area (TPSA) is 46.6 Å². The highest BCUT2D eigenvalue weighted by Gasteiger charge is 2.43. The second-order valence-electron chi connectivity index (χ2n) is 6.35. The molecule has 1 amide bonds. The third-order valence-corrected chi connectivity index (χ3v) is 6.03. The Morgan fingerprint density at radius 1 is 1.15 bits per heavy atom. The number of carbonyl (C=O) groups excluding carboxylic acids is 2. The van der Waals surface area contributed by atoms with Gasteiger partial charge in [-0.1, -0.05) is 67.1 Å². The Morgan fingerprint density at radius 3 is 2.56 bits per heavy atom. The van der Waals surface area contributed by atoms with Crippen LogP contribution in [0.3, 0.4) is 0 Å². The summed E-state index contributed by atoms with van der Waals surface area (Å²) in [6.45, 7) is 2.30. The van der Waals surface area contributed by atoms with E-state index < -0.39 is 6.04 Å². The molecule has 0 bridgehead atoms. The number of halogens is 1. The van der Waals surface area contributed by atoms with Crippen molar-refractivity contribution in [3.8, 4) is 0 Å². The Kier molecular flexibility index (Phi) is 6.80. The van der Waals surface area contributed by atoms with Gasteiger partial charge in [-0.15, -0.1) is 11.8 Å². The Morgan fingerprint density at radius 2 is 1.85 bits per heavy atom. The van der Waals surface area contributed by atoms with Crippen LogP contribution >= 0.6 is 23.4 Å². The Labute approximate surface area is 168 Å². The van der Waals surface area contributed by atoms with Crippen molar-refractivity contribution < 1.29 is 14.3 Å². The Balaban J connectivity index is 1.88. The highest BCUT2D eigenvalue weighted by Crippen LogP contribution is 2.44. The van der Waals surface area contributed by atoms with Gasteiger partial charge in [-0.2, -0.15) is 0 Å². The van der Waals surface area contributed by atoms with E-state index in [9.17, 15) is 9.59 Å². The van der Waals surface area contributed by atoms with E-state index in [1.54, 1.807) is 22.7 Å². The molecule has 3 rings (SSSR count). The SMILES string of the molecule is CCCOC(=O)C1CSC(c2ccccc2Cl)N1C(=O)Cc1ccccc1. The monoisotopic (exact) mass is 403 g/mol. The molecule has 1 fully saturated rings. The van der Waals surface area contributed by atoms with Gasteiger partial charge < -0.3 is 9.64 Å². The normalized spacial score (nSPS) is 19.1. The molecule has 0 N–H and O–H groups in total. The summed E-state index contributed by atoms with van der Waals surface area (Å²) in [4.78, 5) is 27.4. The van der Waals surface area contributed by atoms with Crippen molar-refractivity contribution in [3.63, 3.8) is 0 Å². The van der Waals surface area contributed by atoms with E-state index in [1.807, 2.05) is 55.5 Å². The molecule has 142 valence electrons. The highest BCUT2D eigenvalue weighted by atomic mass is 35.5. The highest BCUT2D eigenvalue weighted by molar-refractivity contribution is 7.99. The number of nitrogens with zero attached hydrogens (tertiary/aromatic N) is 1. The van der Waals surface area contributed by atoms with Crippen LogP contribution in [0.5, 0.6) is 0 Å². The first kappa shape index (κ1) is 19.8. The van der Waals surface area contributed by atoms with E-state index in [4.69, 9.17) is 16.3 Å². The number of hydrogen-bond acceptors (Lipinski definition) is 4. The minimum Gasteiger partial charge on any atom is -0.464 e. The van der Waals surface area contributed by atoms with Crippen molar-refractivity contribution in [2.75, 3.05) is 12.4 Å². The molecule has 1 heterocycles. The summed E-state index contributed by atoms with van der Waals surface area (Å²) < 4.78 is 5.34. The van der Waals surface area contributed by atoms with E-state index in [-0.39, 0.29) is 23.7 Å². The quantitative estimate of drug-likeness (QED) is 0.667. The summed E-state index contributed by atoms with van der Waals surface area (Å²) in [7, 11) is 0. The van der Waals surface area contributed by atoms with Gasteiger partial charge in [0.05, 0.1) is 13.0 Å². The van der Waals surface area contributed by atoms with E-state index in [0.717, 1.165) is 17.5 Å². The molecule has 0 saturated carbocycles. The third-order valence-electron chi connectivity index (χ3n) is 4.38. The number of rotatable bonds is 6. The van der Waals surface area contributed by atoms with Crippen molar-refractivity contribution in [3.05, 3.63) is 70.7 Å². The van der Waals surface area contributed by atoms with Crippen molar-refractivity contribution in [1.82, 2.24) is 4.90 Å². The van der Waals surface area contributed by atoms with Gasteiger partial charge >= 0.3 is 5.97 Å². The van der Waals surface area contributed by atoms with Gasteiger partial charge in [0.25, 0.3) is 0 Å². The maximum Gasteiger partial charge on any atom is 0.329 e. The number of hydrogen-bond donors (Lipinski definition) is 0. The number of ether oxygens (including phenoxy) is 1. The van der Waals surface area contributed by atoms with Crippen LogP contribution in [0, 0.1) is 0 Å². The van der Waals surface area contributed by atoms with Gasteiger partial charge in [0.2, 0.25) is 5.91 Å². The predicted octanol–water partition coefficient (Wildman–Crippen LogP) is 4.48. The molecule has 1 aliphatic heterocycles. The van der Waals surface area contributed by atoms with E-state index in [2.05, 4.69) is 0 Å². The molecule has 2 atom stereocenters. The Hall–Kier alpha value is -1.98. The molecular weight excluding hydrogens is 382 g/mol. The fourth-order valence-electron chi connectivity index (χ4n) is 3.07. The fourth-order valence-corrected chi connectivity index (χ4v) is 4.84. The van der Waals surface area contributed by atoms with E-state index >= 15 is 0 Å². The lowest BCUT2D eigenvalue weighted by molar-refractivity contribution is -0.154. The summed E-state index contributed by atoms with van der Waals surface area (Å²) in [5, 5.41) is 0.296. The number of amides is 1. The summed E-state index contributed by atoms with van der Waals surface area (Å²) in [5.41, 5.74) is 1.76. The van der Waals surface area contributed by atoms with Crippen LogP contribution in [-0.4, -0.2) is 35.2 Å². The maximum atomic E-state index is 13.2. The van der Waals surface area contributed by atoms with Crippen molar-refractivity contribution in [2.45, 2.75) is 31.2 Å². The molecule has 2 aromatic carbocycles. The van der Waals surface area contributed by atoms with Gasteiger partial charge in [0, 0.05) is 16.3 Å². The van der Waals surface area contributed by atoms with Crippen LogP contribution < -0.4 is 0 Å². The molecule has 27 heavy (non-hydrogen) atoms. The molecule has 1 aliphatic rings. The minimum atomic E-state index is -0.598. The first-order chi connectivity index (χ1) is 13.1. The van der Waals surface area contributed by atoms with Crippen LogP contribution in [0.4, 0.5) is 0 Å². The molecule has 0 aromatic heterocycles. The van der Waals surface area contributed by atoms with E-state index in [1.165, 1.54) is 0 Å². The predicted molar refractivity (Wildman–Crippen MR) is 109 cm³/mol.